The third-order valence-corrected chi connectivity index (χ3v) is 5.71. The molecule has 4 aromatic carbocycles. The van der Waals surface area contributed by atoms with Gasteiger partial charge in [0, 0.05) is 11.3 Å². The third-order valence-electron chi connectivity index (χ3n) is 5.71. The van der Waals surface area contributed by atoms with Crippen LogP contribution in [0.5, 0.6) is 0 Å². The van der Waals surface area contributed by atoms with Crippen molar-refractivity contribution in [1.29, 1.82) is 0 Å². The van der Waals surface area contributed by atoms with Crippen LogP contribution in [0.3, 0.4) is 0 Å². The lowest BCUT2D eigenvalue weighted by molar-refractivity contribution is -0.121. The molecule has 0 unspecified atom stereocenters. The van der Waals surface area contributed by atoms with Gasteiger partial charge in [-0.25, -0.2) is 0 Å². The van der Waals surface area contributed by atoms with Crippen LogP contribution in [-0.2, 0) is 17.8 Å². The Morgan fingerprint density at radius 1 is 0.735 bits per heavy atom. The van der Waals surface area contributed by atoms with Crippen molar-refractivity contribution in [3.8, 4) is 0 Å². The molecule has 4 aromatic rings. The molecular weight excluding hydrogens is 420 g/mol. The summed E-state index contributed by atoms with van der Waals surface area (Å²) in [5, 5.41) is 3.06. The van der Waals surface area contributed by atoms with Crippen molar-refractivity contribution in [2.75, 3.05) is 4.90 Å². The van der Waals surface area contributed by atoms with Crippen molar-refractivity contribution in [2.24, 2.45) is 0 Å². The Morgan fingerprint density at radius 2 is 1.32 bits per heavy atom. The van der Waals surface area contributed by atoms with Crippen LogP contribution in [-0.4, -0.2) is 11.8 Å². The maximum Gasteiger partial charge on any atom is 0.258 e. The van der Waals surface area contributed by atoms with Crippen LogP contribution in [0.15, 0.2) is 115 Å². The minimum atomic E-state index is -0.0799. The van der Waals surface area contributed by atoms with Crippen molar-refractivity contribution in [3.63, 3.8) is 0 Å². The van der Waals surface area contributed by atoms with E-state index < -0.39 is 0 Å². The summed E-state index contributed by atoms with van der Waals surface area (Å²) in [6.07, 6.45) is 0.240. The first kappa shape index (κ1) is 23.0. The van der Waals surface area contributed by atoms with Crippen LogP contribution >= 0.6 is 0 Å². The smallest absolute Gasteiger partial charge is 0.258 e. The van der Waals surface area contributed by atoms with Crippen molar-refractivity contribution < 1.29 is 9.59 Å². The minimum Gasteiger partial charge on any atom is -0.349 e. The van der Waals surface area contributed by atoms with Gasteiger partial charge in [-0.3, -0.25) is 9.59 Å². The number of carbonyl (C=O) groups excluding carboxylic acids is 2. The second-order valence-electron chi connectivity index (χ2n) is 8.29. The number of hydrogen-bond donors (Lipinski definition) is 1. The van der Waals surface area contributed by atoms with Gasteiger partial charge in [-0.15, -0.1) is 0 Å². The summed E-state index contributed by atoms with van der Waals surface area (Å²) in [5.41, 5.74) is 4.34. The molecule has 1 atom stereocenters. The number of anilines is 1. The van der Waals surface area contributed by atoms with Crippen LogP contribution in [0.1, 0.15) is 40.0 Å². The van der Waals surface area contributed by atoms with Gasteiger partial charge in [0.25, 0.3) is 5.91 Å². The quantitative estimate of drug-likeness (QED) is 0.362. The minimum absolute atomic E-state index is 0.0579. The predicted octanol–water partition coefficient (Wildman–Crippen LogP) is 5.95. The normalized spacial score (nSPS) is 11.4. The largest absolute Gasteiger partial charge is 0.349 e. The molecule has 0 aliphatic heterocycles. The summed E-state index contributed by atoms with van der Waals surface area (Å²) in [4.78, 5) is 27.9. The van der Waals surface area contributed by atoms with E-state index in [9.17, 15) is 9.59 Å². The van der Waals surface area contributed by atoms with Crippen molar-refractivity contribution in [2.45, 2.75) is 25.9 Å². The van der Waals surface area contributed by atoms with Crippen LogP contribution in [0.25, 0.3) is 0 Å². The van der Waals surface area contributed by atoms with Gasteiger partial charge in [0.2, 0.25) is 5.91 Å². The lowest BCUT2D eigenvalue weighted by Crippen LogP contribution is -2.31. The highest BCUT2D eigenvalue weighted by molar-refractivity contribution is 6.06. The average molecular weight is 449 g/mol. The SMILES string of the molecule is C[C@H](NC(=O)Cc1cccc(N(Cc2ccccc2)C(=O)c2ccccc2)c1)c1ccccc1. The summed E-state index contributed by atoms with van der Waals surface area (Å²) in [6.45, 7) is 2.42. The first-order valence-electron chi connectivity index (χ1n) is 11.4. The summed E-state index contributed by atoms with van der Waals surface area (Å²) in [6, 6.07) is 36.7. The number of amides is 2. The summed E-state index contributed by atoms with van der Waals surface area (Å²) in [7, 11) is 0. The first-order chi connectivity index (χ1) is 16.6. The van der Waals surface area contributed by atoms with Gasteiger partial charge in [0.15, 0.2) is 0 Å². The molecule has 0 aromatic heterocycles. The lowest BCUT2D eigenvalue weighted by atomic mass is 10.1. The second-order valence-corrected chi connectivity index (χ2v) is 8.29. The number of nitrogens with one attached hydrogen (secondary N) is 1. The van der Waals surface area contributed by atoms with E-state index in [0.717, 1.165) is 22.4 Å². The Balaban J connectivity index is 1.54. The molecule has 0 aliphatic carbocycles. The Hall–Kier alpha value is -4.18. The van der Waals surface area contributed by atoms with Gasteiger partial charge in [-0.2, -0.15) is 0 Å². The van der Waals surface area contributed by atoms with E-state index in [-0.39, 0.29) is 24.3 Å². The molecule has 0 aliphatic rings. The molecule has 0 fully saturated rings. The zero-order chi connectivity index (χ0) is 23.8. The van der Waals surface area contributed by atoms with E-state index in [1.165, 1.54) is 0 Å². The summed E-state index contributed by atoms with van der Waals surface area (Å²) >= 11 is 0. The molecule has 4 nitrogen and oxygen atoms in total. The average Bonchev–Trinajstić information content (AvgIpc) is 2.88. The summed E-state index contributed by atoms with van der Waals surface area (Å²) < 4.78 is 0. The number of rotatable bonds is 8. The van der Waals surface area contributed by atoms with Crippen molar-refractivity contribution in [3.05, 3.63) is 138 Å². The molecule has 0 spiro atoms. The Kier molecular flexibility index (Phi) is 7.51. The molecule has 0 saturated heterocycles. The molecule has 2 amide bonds. The highest BCUT2D eigenvalue weighted by atomic mass is 16.2. The fraction of sp³-hybridized carbons (Fsp3) is 0.133. The van der Waals surface area contributed by atoms with E-state index in [1.54, 1.807) is 4.90 Å². The molecular formula is C30H28N2O2. The van der Waals surface area contributed by atoms with Crippen molar-refractivity contribution in [1.82, 2.24) is 5.32 Å². The standard InChI is InChI=1S/C30H28N2O2/c1-23(26-15-7-3-8-16-26)31-29(33)21-25-14-11-19-28(20-25)32(22-24-12-5-2-6-13-24)30(34)27-17-9-4-10-18-27/h2-20,23H,21-22H2,1H3,(H,31,33)/t23-/m0/s1. The Morgan fingerprint density at radius 3 is 2.00 bits per heavy atom. The van der Waals surface area contributed by atoms with Crippen LogP contribution < -0.4 is 10.2 Å². The molecule has 1 N–H and O–H groups in total. The van der Waals surface area contributed by atoms with E-state index in [2.05, 4.69) is 5.32 Å². The van der Waals surface area contributed by atoms with Gasteiger partial charge in [-0.1, -0.05) is 91.0 Å². The van der Waals surface area contributed by atoms with Gasteiger partial charge < -0.3 is 10.2 Å². The fourth-order valence-electron chi connectivity index (χ4n) is 3.92. The Bertz CT molecular complexity index is 1220. The number of carbonyl (C=O) groups is 2. The topological polar surface area (TPSA) is 49.4 Å². The molecule has 34 heavy (non-hydrogen) atoms. The maximum absolute atomic E-state index is 13.4. The zero-order valence-electron chi connectivity index (χ0n) is 19.2. The van der Waals surface area contributed by atoms with Gasteiger partial charge >= 0.3 is 0 Å². The van der Waals surface area contributed by atoms with E-state index in [1.807, 2.05) is 122 Å². The zero-order valence-corrected chi connectivity index (χ0v) is 19.2. The van der Waals surface area contributed by atoms with Crippen LogP contribution in [0.2, 0.25) is 0 Å². The fourth-order valence-corrected chi connectivity index (χ4v) is 3.92. The first-order valence-corrected chi connectivity index (χ1v) is 11.4. The van der Waals surface area contributed by atoms with E-state index >= 15 is 0 Å². The molecule has 0 heterocycles. The number of benzene rings is 4. The molecule has 0 saturated carbocycles. The molecule has 4 rings (SSSR count). The van der Waals surface area contributed by atoms with Crippen LogP contribution in [0.4, 0.5) is 5.69 Å². The van der Waals surface area contributed by atoms with E-state index in [4.69, 9.17) is 0 Å². The highest BCUT2D eigenvalue weighted by Crippen LogP contribution is 2.22. The molecule has 0 bridgehead atoms. The second kappa shape index (κ2) is 11.1. The highest BCUT2D eigenvalue weighted by Gasteiger charge is 2.19. The summed E-state index contributed by atoms with van der Waals surface area (Å²) in [5.74, 6) is -0.138. The number of nitrogens with zero attached hydrogens (tertiary/aromatic N) is 1. The maximum atomic E-state index is 13.4. The monoisotopic (exact) mass is 448 g/mol. The predicted molar refractivity (Wildman–Crippen MR) is 137 cm³/mol. The lowest BCUT2D eigenvalue weighted by Gasteiger charge is -2.24. The molecule has 170 valence electrons. The number of hydrogen-bond acceptors (Lipinski definition) is 2. The van der Waals surface area contributed by atoms with E-state index in [0.29, 0.717) is 12.1 Å². The van der Waals surface area contributed by atoms with Crippen molar-refractivity contribution >= 4 is 17.5 Å². The molecule has 0 radical (unpaired) electrons. The molecule has 4 heteroatoms. The van der Waals surface area contributed by atoms with Gasteiger partial charge in [-0.05, 0) is 47.9 Å². The van der Waals surface area contributed by atoms with Gasteiger partial charge in [0.1, 0.15) is 0 Å². The van der Waals surface area contributed by atoms with Crippen LogP contribution in [0, 0.1) is 0 Å². The van der Waals surface area contributed by atoms with Gasteiger partial charge in [0.05, 0.1) is 19.0 Å². The third kappa shape index (κ3) is 5.99. The Labute approximate surface area is 200 Å².